The molecule has 0 heterocycles. The van der Waals surface area contributed by atoms with Gasteiger partial charge in [-0.3, -0.25) is 4.79 Å². The third-order valence-corrected chi connectivity index (χ3v) is 2.34. The lowest BCUT2D eigenvalue weighted by molar-refractivity contribution is -0.125. The lowest BCUT2D eigenvalue weighted by Gasteiger charge is -2.17. The summed E-state index contributed by atoms with van der Waals surface area (Å²) in [6, 6.07) is 0. The fourth-order valence-corrected chi connectivity index (χ4v) is 1.29. The number of hydrogen-bond acceptors (Lipinski definition) is 3. The van der Waals surface area contributed by atoms with E-state index in [9.17, 15) is 4.79 Å². The highest BCUT2D eigenvalue weighted by Crippen LogP contribution is 1.99. The van der Waals surface area contributed by atoms with Crippen molar-refractivity contribution in [3.63, 3.8) is 0 Å². The van der Waals surface area contributed by atoms with Crippen LogP contribution in [-0.2, 0) is 4.79 Å². The monoisotopic (exact) mass is 204 g/mol. The van der Waals surface area contributed by atoms with Crippen LogP contribution in [0.15, 0.2) is 0 Å². The SMILES string of the molecule is CSCCCCNC(=O)C(C)(C)N. The molecule has 0 aromatic heterocycles. The van der Waals surface area contributed by atoms with Gasteiger partial charge in [-0.25, -0.2) is 0 Å². The van der Waals surface area contributed by atoms with Crippen molar-refractivity contribution < 1.29 is 4.79 Å². The minimum absolute atomic E-state index is 0.0725. The number of rotatable bonds is 6. The summed E-state index contributed by atoms with van der Waals surface area (Å²) in [5.74, 6) is 1.08. The molecule has 13 heavy (non-hydrogen) atoms. The van der Waals surface area contributed by atoms with Gasteiger partial charge in [-0.05, 0) is 38.7 Å². The van der Waals surface area contributed by atoms with E-state index < -0.39 is 5.54 Å². The Labute approximate surface area is 84.8 Å². The molecule has 0 aliphatic carbocycles. The Morgan fingerprint density at radius 2 is 2.08 bits per heavy atom. The van der Waals surface area contributed by atoms with Gasteiger partial charge >= 0.3 is 0 Å². The van der Waals surface area contributed by atoms with Crippen molar-refractivity contribution in [2.45, 2.75) is 32.2 Å². The first-order valence-electron chi connectivity index (χ1n) is 4.54. The van der Waals surface area contributed by atoms with Gasteiger partial charge in [0.05, 0.1) is 5.54 Å². The molecule has 3 N–H and O–H groups in total. The van der Waals surface area contributed by atoms with Crippen LogP contribution in [0.5, 0.6) is 0 Å². The highest BCUT2D eigenvalue weighted by Gasteiger charge is 2.20. The molecule has 1 amide bonds. The van der Waals surface area contributed by atoms with E-state index in [4.69, 9.17) is 5.73 Å². The summed E-state index contributed by atoms with van der Waals surface area (Å²) < 4.78 is 0. The Morgan fingerprint density at radius 1 is 1.46 bits per heavy atom. The van der Waals surface area contributed by atoms with Gasteiger partial charge in [-0.1, -0.05) is 0 Å². The highest BCUT2D eigenvalue weighted by molar-refractivity contribution is 7.98. The number of carbonyl (C=O) groups is 1. The molecule has 0 saturated heterocycles. The Balaban J connectivity index is 3.38. The van der Waals surface area contributed by atoms with Crippen LogP contribution < -0.4 is 11.1 Å². The predicted molar refractivity (Wildman–Crippen MR) is 58.9 cm³/mol. The second-order valence-electron chi connectivity index (χ2n) is 3.68. The van der Waals surface area contributed by atoms with Crippen molar-refractivity contribution >= 4 is 17.7 Å². The molecule has 0 radical (unpaired) electrons. The van der Waals surface area contributed by atoms with Gasteiger partial charge in [0.25, 0.3) is 0 Å². The van der Waals surface area contributed by atoms with Gasteiger partial charge < -0.3 is 11.1 Å². The average Bonchev–Trinajstić information content (AvgIpc) is 2.02. The van der Waals surface area contributed by atoms with Crippen LogP contribution in [-0.4, -0.2) is 30.0 Å². The molecule has 0 fully saturated rings. The topological polar surface area (TPSA) is 55.1 Å². The minimum atomic E-state index is -0.750. The zero-order chi connectivity index (χ0) is 10.3. The van der Waals surface area contributed by atoms with Gasteiger partial charge in [-0.2, -0.15) is 11.8 Å². The number of amides is 1. The van der Waals surface area contributed by atoms with E-state index >= 15 is 0 Å². The second-order valence-corrected chi connectivity index (χ2v) is 4.66. The summed E-state index contributed by atoms with van der Waals surface area (Å²) in [5.41, 5.74) is 4.85. The van der Waals surface area contributed by atoms with Crippen molar-refractivity contribution in [2.24, 2.45) is 5.73 Å². The van der Waals surface area contributed by atoms with Crippen molar-refractivity contribution in [2.75, 3.05) is 18.6 Å². The molecule has 78 valence electrons. The zero-order valence-corrected chi connectivity index (χ0v) is 9.54. The molecular formula is C9H20N2OS. The molecule has 0 aliphatic rings. The highest BCUT2D eigenvalue weighted by atomic mass is 32.2. The van der Waals surface area contributed by atoms with E-state index in [0.717, 1.165) is 25.1 Å². The number of nitrogens with one attached hydrogen (secondary N) is 1. The van der Waals surface area contributed by atoms with Gasteiger partial charge in [0.1, 0.15) is 0 Å². The van der Waals surface area contributed by atoms with Crippen LogP contribution in [0.25, 0.3) is 0 Å². The zero-order valence-electron chi connectivity index (χ0n) is 8.72. The lowest BCUT2D eigenvalue weighted by Crippen LogP contribution is -2.49. The van der Waals surface area contributed by atoms with E-state index in [0.29, 0.717) is 0 Å². The molecule has 3 nitrogen and oxygen atoms in total. The van der Waals surface area contributed by atoms with Crippen molar-refractivity contribution in [3.8, 4) is 0 Å². The van der Waals surface area contributed by atoms with E-state index in [2.05, 4.69) is 11.6 Å². The fraction of sp³-hybridized carbons (Fsp3) is 0.889. The van der Waals surface area contributed by atoms with Crippen molar-refractivity contribution in [1.29, 1.82) is 0 Å². The summed E-state index contributed by atoms with van der Waals surface area (Å²) in [6.45, 7) is 4.16. The average molecular weight is 204 g/mol. The predicted octanol–water partition coefficient (Wildman–Crippen LogP) is 0.983. The van der Waals surface area contributed by atoms with E-state index in [1.54, 1.807) is 13.8 Å². The Hall–Kier alpha value is -0.220. The van der Waals surface area contributed by atoms with Gasteiger partial charge in [0.2, 0.25) is 5.91 Å². The molecule has 0 bridgehead atoms. The first kappa shape index (κ1) is 12.8. The maximum absolute atomic E-state index is 11.3. The van der Waals surface area contributed by atoms with Crippen molar-refractivity contribution in [3.05, 3.63) is 0 Å². The number of hydrogen-bond donors (Lipinski definition) is 2. The minimum Gasteiger partial charge on any atom is -0.355 e. The quantitative estimate of drug-likeness (QED) is 0.634. The van der Waals surface area contributed by atoms with Crippen LogP contribution in [0.2, 0.25) is 0 Å². The maximum Gasteiger partial charge on any atom is 0.239 e. The number of thioether (sulfide) groups is 1. The molecule has 0 aromatic rings. The summed E-state index contributed by atoms with van der Waals surface area (Å²) in [6.07, 6.45) is 4.26. The third-order valence-electron chi connectivity index (χ3n) is 1.65. The summed E-state index contributed by atoms with van der Waals surface area (Å²) in [7, 11) is 0. The van der Waals surface area contributed by atoms with Gasteiger partial charge in [-0.15, -0.1) is 0 Å². The van der Waals surface area contributed by atoms with Crippen LogP contribution in [0.3, 0.4) is 0 Å². The number of unbranched alkanes of at least 4 members (excludes halogenated alkanes) is 1. The van der Waals surface area contributed by atoms with Gasteiger partial charge in [0, 0.05) is 6.54 Å². The second kappa shape index (κ2) is 6.27. The van der Waals surface area contributed by atoms with E-state index in [1.165, 1.54) is 0 Å². The molecule has 4 heteroatoms. The first-order valence-corrected chi connectivity index (χ1v) is 5.94. The van der Waals surface area contributed by atoms with Gasteiger partial charge in [0.15, 0.2) is 0 Å². The number of carbonyl (C=O) groups excluding carboxylic acids is 1. The van der Waals surface area contributed by atoms with E-state index in [-0.39, 0.29) is 5.91 Å². The smallest absolute Gasteiger partial charge is 0.239 e. The molecular weight excluding hydrogens is 184 g/mol. The summed E-state index contributed by atoms with van der Waals surface area (Å²) in [4.78, 5) is 11.3. The Kier molecular flexibility index (Phi) is 6.16. The lowest BCUT2D eigenvalue weighted by atomic mass is 10.1. The summed E-state index contributed by atoms with van der Waals surface area (Å²) in [5, 5.41) is 2.81. The van der Waals surface area contributed by atoms with Crippen LogP contribution in [0, 0.1) is 0 Å². The van der Waals surface area contributed by atoms with Crippen LogP contribution in [0.4, 0.5) is 0 Å². The molecule has 0 aliphatic heterocycles. The third kappa shape index (κ3) is 6.90. The number of nitrogens with two attached hydrogens (primary N) is 1. The maximum atomic E-state index is 11.3. The van der Waals surface area contributed by atoms with Crippen LogP contribution in [0.1, 0.15) is 26.7 Å². The fourth-order valence-electron chi connectivity index (χ4n) is 0.801. The molecule has 0 atom stereocenters. The largest absolute Gasteiger partial charge is 0.355 e. The molecule has 0 spiro atoms. The molecule has 0 rings (SSSR count). The van der Waals surface area contributed by atoms with E-state index in [1.807, 2.05) is 11.8 Å². The Morgan fingerprint density at radius 3 is 2.54 bits per heavy atom. The molecule has 0 unspecified atom stereocenters. The molecule has 0 saturated carbocycles. The first-order chi connectivity index (χ1) is 5.98. The standard InChI is InChI=1S/C9H20N2OS/c1-9(2,10)8(12)11-6-4-5-7-13-3/h4-7,10H2,1-3H3,(H,11,12). The normalized spacial score (nSPS) is 11.4. The summed E-state index contributed by atoms with van der Waals surface area (Å²) >= 11 is 1.83. The van der Waals surface area contributed by atoms with Crippen LogP contribution >= 0.6 is 11.8 Å². The Bertz CT molecular complexity index is 154. The van der Waals surface area contributed by atoms with Crippen molar-refractivity contribution in [1.82, 2.24) is 5.32 Å². The molecule has 0 aromatic carbocycles.